The summed E-state index contributed by atoms with van der Waals surface area (Å²) in [7, 11) is 0. The zero-order valence-electron chi connectivity index (χ0n) is 7.88. The molecule has 1 aromatic carbocycles. The Morgan fingerprint density at radius 3 is 2.31 bits per heavy atom. The molecule has 0 fully saturated rings. The zero-order valence-corrected chi connectivity index (χ0v) is 9.47. The lowest BCUT2D eigenvalue weighted by atomic mass is 9.99. The van der Waals surface area contributed by atoms with Gasteiger partial charge in [-0.05, 0) is 31.5 Å². The quantitative estimate of drug-likeness (QED) is 0.829. The lowest BCUT2D eigenvalue weighted by Crippen LogP contribution is -2.30. The molecule has 72 valence electrons. The Labute approximate surface area is 87.2 Å². The third-order valence-corrected chi connectivity index (χ3v) is 2.39. The van der Waals surface area contributed by atoms with Gasteiger partial charge < -0.3 is 0 Å². The lowest BCUT2D eigenvalue weighted by molar-refractivity contribution is -0.0187. The molecule has 2 nitrogen and oxygen atoms in total. The molecule has 0 bridgehead atoms. The largest absolute Gasteiger partial charge is 0.298 e. The van der Waals surface area contributed by atoms with E-state index in [1.807, 2.05) is 26.0 Å². The summed E-state index contributed by atoms with van der Waals surface area (Å²) in [5.74, 6) is 5.17. The van der Waals surface area contributed by atoms with Crippen molar-refractivity contribution in [3.05, 3.63) is 34.3 Å². The fourth-order valence-corrected chi connectivity index (χ4v) is 1.40. The Kier molecular flexibility index (Phi) is 3.47. The molecule has 0 radical (unpaired) electrons. The summed E-state index contributed by atoms with van der Waals surface area (Å²) in [6.07, 6.45) is 0.816. The first-order valence-corrected chi connectivity index (χ1v) is 4.95. The van der Waals surface area contributed by atoms with Gasteiger partial charge in [0.1, 0.15) is 0 Å². The van der Waals surface area contributed by atoms with Crippen molar-refractivity contribution in [3.63, 3.8) is 0 Å². The predicted molar refractivity (Wildman–Crippen MR) is 57.2 cm³/mol. The molecule has 0 aliphatic rings. The first-order valence-electron chi connectivity index (χ1n) is 4.16. The second-order valence-electron chi connectivity index (χ2n) is 3.68. The summed E-state index contributed by atoms with van der Waals surface area (Å²) < 4.78 is 1.09. The van der Waals surface area contributed by atoms with Crippen LogP contribution in [0.4, 0.5) is 0 Å². The fraction of sp³-hybridized carbons (Fsp3) is 0.400. The van der Waals surface area contributed by atoms with Gasteiger partial charge in [-0.15, -0.1) is 0 Å². The van der Waals surface area contributed by atoms with Gasteiger partial charge in [0.25, 0.3) is 0 Å². The van der Waals surface area contributed by atoms with E-state index in [4.69, 9.17) is 10.7 Å². The first-order chi connectivity index (χ1) is 6.03. The number of nitrogens with two attached hydrogens (primary N) is 1. The Morgan fingerprint density at radius 1 is 1.31 bits per heavy atom. The van der Waals surface area contributed by atoms with Gasteiger partial charge in [-0.1, -0.05) is 28.1 Å². The van der Waals surface area contributed by atoms with Gasteiger partial charge in [-0.3, -0.25) is 4.84 Å². The van der Waals surface area contributed by atoms with Crippen molar-refractivity contribution in [1.29, 1.82) is 0 Å². The van der Waals surface area contributed by atoms with Crippen molar-refractivity contribution in [1.82, 2.24) is 0 Å². The highest BCUT2D eigenvalue weighted by Gasteiger charge is 2.17. The molecule has 0 saturated carbocycles. The minimum atomic E-state index is -0.298. The van der Waals surface area contributed by atoms with Gasteiger partial charge >= 0.3 is 0 Å². The van der Waals surface area contributed by atoms with Crippen molar-refractivity contribution in [3.8, 4) is 0 Å². The first kappa shape index (κ1) is 10.7. The van der Waals surface area contributed by atoms with Crippen molar-refractivity contribution in [2.45, 2.75) is 25.9 Å². The average Bonchev–Trinajstić information content (AvgIpc) is 2.09. The van der Waals surface area contributed by atoms with Crippen LogP contribution in [0, 0.1) is 0 Å². The molecule has 1 aromatic rings. The topological polar surface area (TPSA) is 35.2 Å². The van der Waals surface area contributed by atoms with Crippen LogP contribution >= 0.6 is 15.9 Å². The van der Waals surface area contributed by atoms with Crippen LogP contribution in [0.2, 0.25) is 0 Å². The molecule has 0 heterocycles. The van der Waals surface area contributed by atoms with E-state index in [9.17, 15) is 0 Å². The number of rotatable bonds is 3. The van der Waals surface area contributed by atoms with Gasteiger partial charge in [-0.25, -0.2) is 5.90 Å². The number of hydrogen-bond acceptors (Lipinski definition) is 2. The average molecular weight is 244 g/mol. The van der Waals surface area contributed by atoms with Crippen molar-refractivity contribution >= 4 is 15.9 Å². The van der Waals surface area contributed by atoms with Gasteiger partial charge in [0.05, 0.1) is 5.60 Å². The van der Waals surface area contributed by atoms with Crippen LogP contribution in [0.15, 0.2) is 28.7 Å². The smallest absolute Gasteiger partial charge is 0.0878 e. The van der Waals surface area contributed by atoms with E-state index in [1.54, 1.807) is 0 Å². The van der Waals surface area contributed by atoms with Gasteiger partial charge in [0.15, 0.2) is 0 Å². The second-order valence-corrected chi connectivity index (χ2v) is 4.60. The predicted octanol–water partition coefficient (Wildman–Crippen LogP) is 2.66. The number of halogens is 1. The minimum Gasteiger partial charge on any atom is -0.298 e. The maximum absolute atomic E-state index is 5.17. The van der Waals surface area contributed by atoms with Gasteiger partial charge in [0.2, 0.25) is 0 Å². The summed E-state index contributed by atoms with van der Waals surface area (Å²) >= 11 is 3.39. The second kappa shape index (κ2) is 4.22. The maximum Gasteiger partial charge on any atom is 0.0878 e. The Balaban J connectivity index is 2.69. The summed E-state index contributed by atoms with van der Waals surface area (Å²) in [6.45, 7) is 3.93. The molecule has 1 rings (SSSR count). The van der Waals surface area contributed by atoms with Crippen molar-refractivity contribution in [2.75, 3.05) is 0 Å². The van der Waals surface area contributed by atoms with Crippen molar-refractivity contribution < 1.29 is 4.84 Å². The fourth-order valence-electron chi connectivity index (χ4n) is 1.14. The van der Waals surface area contributed by atoms with Crippen LogP contribution in [0.3, 0.4) is 0 Å². The summed E-state index contributed by atoms with van der Waals surface area (Å²) in [4.78, 5) is 4.86. The molecular weight excluding hydrogens is 230 g/mol. The zero-order chi connectivity index (χ0) is 9.90. The highest BCUT2D eigenvalue weighted by Crippen LogP contribution is 2.17. The molecule has 2 N–H and O–H groups in total. The molecule has 0 aliphatic carbocycles. The molecule has 0 amide bonds. The third-order valence-electron chi connectivity index (χ3n) is 1.86. The summed E-state index contributed by atoms with van der Waals surface area (Å²) in [6, 6.07) is 8.15. The SMILES string of the molecule is CC(C)(Cc1ccc(Br)cc1)ON. The molecule has 3 heteroatoms. The van der Waals surface area contributed by atoms with E-state index in [0.29, 0.717) is 0 Å². The molecule has 0 saturated heterocycles. The summed E-state index contributed by atoms with van der Waals surface area (Å²) in [5, 5.41) is 0. The minimum absolute atomic E-state index is 0.298. The molecule has 0 aliphatic heterocycles. The van der Waals surface area contributed by atoms with E-state index < -0.39 is 0 Å². The Morgan fingerprint density at radius 2 is 1.85 bits per heavy atom. The van der Waals surface area contributed by atoms with Gasteiger partial charge in [-0.2, -0.15) is 0 Å². The summed E-state index contributed by atoms with van der Waals surface area (Å²) in [5.41, 5.74) is 0.923. The molecule has 0 unspecified atom stereocenters. The van der Waals surface area contributed by atoms with E-state index in [2.05, 4.69) is 28.1 Å². The molecule has 13 heavy (non-hydrogen) atoms. The Bertz CT molecular complexity index is 269. The van der Waals surface area contributed by atoms with Crippen LogP contribution < -0.4 is 5.90 Å². The monoisotopic (exact) mass is 243 g/mol. The standard InChI is InChI=1S/C10H14BrNO/c1-10(2,13-12)7-8-3-5-9(11)6-4-8/h3-6H,7,12H2,1-2H3. The molecule has 0 aromatic heterocycles. The van der Waals surface area contributed by atoms with E-state index in [-0.39, 0.29) is 5.60 Å². The van der Waals surface area contributed by atoms with E-state index in [1.165, 1.54) is 5.56 Å². The van der Waals surface area contributed by atoms with E-state index in [0.717, 1.165) is 10.9 Å². The van der Waals surface area contributed by atoms with Gasteiger partial charge in [0, 0.05) is 10.9 Å². The van der Waals surface area contributed by atoms with Crippen LogP contribution in [0.1, 0.15) is 19.4 Å². The van der Waals surface area contributed by atoms with E-state index >= 15 is 0 Å². The number of hydrogen-bond donors (Lipinski definition) is 1. The lowest BCUT2D eigenvalue weighted by Gasteiger charge is -2.21. The van der Waals surface area contributed by atoms with Crippen LogP contribution in [0.5, 0.6) is 0 Å². The molecular formula is C10H14BrNO. The Hall–Kier alpha value is -0.380. The molecule has 0 atom stereocenters. The normalized spacial score (nSPS) is 11.7. The van der Waals surface area contributed by atoms with Crippen molar-refractivity contribution in [2.24, 2.45) is 5.90 Å². The highest BCUT2D eigenvalue weighted by molar-refractivity contribution is 9.10. The van der Waals surface area contributed by atoms with Crippen LogP contribution in [-0.2, 0) is 11.3 Å². The van der Waals surface area contributed by atoms with Crippen LogP contribution in [-0.4, -0.2) is 5.60 Å². The molecule has 0 spiro atoms. The number of benzene rings is 1. The maximum atomic E-state index is 5.17. The highest BCUT2D eigenvalue weighted by atomic mass is 79.9. The third kappa shape index (κ3) is 3.46. The van der Waals surface area contributed by atoms with Crippen LogP contribution in [0.25, 0.3) is 0 Å².